The minimum absolute atomic E-state index is 0. The van der Waals surface area contributed by atoms with E-state index in [1.165, 1.54) is 29.3 Å². The number of aryl methyl sites for hydroxylation is 1. The molecule has 0 saturated carbocycles. The smallest absolute Gasteiger partial charge is 0.191 e. The summed E-state index contributed by atoms with van der Waals surface area (Å²) in [5.41, 5.74) is 0. The van der Waals surface area contributed by atoms with E-state index in [0.717, 1.165) is 24.8 Å². The lowest BCUT2D eigenvalue weighted by Gasteiger charge is -2.19. The molecule has 0 amide bonds. The molecule has 0 bridgehead atoms. The highest BCUT2D eigenvalue weighted by Crippen LogP contribution is 2.16. The van der Waals surface area contributed by atoms with Crippen LogP contribution in [0.4, 0.5) is 0 Å². The van der Waals surface area contributed by atoms with E-state index in [0.29, 0.717) is 6.04 Å². The van der Waals surface area contributed by atoms with Crippen LogP contribution >= 0.6 is 35.3 Å². The van der Waals surface area contributed by atoms with E-state index in [4.69, 9.17) is 0 Å². The van der Waals surface area contributed by atoms with Crippen LogP contribution in [0, 0.1) is 12.8 Å². The Labute approximate surface area is 155 Å². The van der Waals surface area contributed by atoms with Gasteiger partial charge in [-0.25, -0.2) is 0 Å². The Hall–Kier alpha value is -0.340. The number of guanidine groups is 1. The molecule has 1 aromatic heterocycles. The van der Waals surface area contributed by atoms with Gasteiger partial charge in [-0.3, -0.25) is 4.99 Å². The molecule has 2 rings (SSSR count). The van der Waals surface area contributed by atoms with Crippen LogP contribution in [0.1, 0.15) is 23.1 Å². The van der Waals surface area contributed by atoms with Crippen molar-refractivity contribution >= 4 is 41.3 Å². The number of nitrogens with one attached hydrogen (secondary N) is 2. The van der Waals surface area contributed by atoms with E-state index in [9.17, 15) is 0 Å². The molecular formula is C16H29IN4S. The summed E-state index contributed by atoms with van der Waals surface area (Å²) in [7, 11) is 4.04. The first-order chi connectivity index (χ1) is 10.1. The third-order valence-corrected chi connectivity index (χ3v) is 4.98. The number of nitrogens with zero attached hydrogens (tertiary/aromatic N) is 2. The largest absolute Gasteiger partial charge is 0.356 e. The molecule has 1 saturated heterocycles. The van der Waals surface area contributed by atoms with Crippen molar-refractivity contribution in [2.24, 2.45) is 10.9 Å². The maximum atomic E-state index is 4.34. The topological polar surface area (TPSA) is 39.7 Å². The van der Waals surface area contributed by atoms with Crippen LogP contribution in [0.5, 0.6) is 0 Å². The van der Waals surface area contributed by atoms with Gasteiger partial charge in [-0.15, -0.1) is 35.3 Å². The summed E-state index contributed by atoms with van der Waals surface area (Å²) in [6.07, 6.45) is 2.33. The van der Waals surface area contributed by atoms with Gasteiger partial charge in [-0.1, -0.05) is 0 Å². The van der Waals surface area contributed by atoms with E-state index in [2.05, 4.69) is 53.6 Å². The molecule has 0 spiro atoms. The maximum absolute atomic E-state index is 4.34. The number of likely N-dealkylation sites (tertiary alicyclic amines) is 1. The zero-order valence-electron chi connectivity index (χ0n) is 14.1. The van der Waals surface area contributed by atoms with Crippen molar-refractivity contribution in [2.45, 2.75) is 32.7 Å². The third kappa shape index (κ3) is 6.42. The fourth-order valence-electron chi connectivity index (χ4n) is 2.81. The van der Waals surface area contributed by atoms with E-state index >= 15 is 0 Å². The first kappa shape index (κ1) is 19.7. The second-order valence-corrected chi connectivity index (χ2v) is 7.50. The van der Waals surface area contributed by atoms with Gasteiger partial charge in [0.05, 0.1) is 0 Å². The number of hydrogen-bond acceptors (Lipinski definition) is 3. The Morgan fingerprint density at radius 1 is 1.50 bits per heavy atom. The van der Waals surface area contributed by atoms with Gasteiger partial charge >= 0.3 is 0 Å². The molecule has 1 fully saturated rings. The first-order valence-electron chi connectivity index (χ1n) is 7.78. The van der Waals surface area contributed by atoms with Gasteiger partial charge in [-0.2, -0.15) is 0 Å². The number of halogens is 1. The third-order valence-electron chi connectivity index (χ3n) is 3.96. The summed E-state index contributed by atoms with van der Waals surface area (Å²) in [4.78, 5) is 9.54. The van der Waals surface area contributed by atoms with E-state index < -0.39 is 0 Å². The Balaban J connectivity index is 0.00000242. The van der Waals surface area contributed by atoms with Crippen molar-refractivity contribution in [1.29, 1.82) is 0 Å². The zero-order chi connectivity index (χ0) is 15.2. The van der Waals surface area contributed by atoms with Crippen molar-refractivity contribution in [2.75, 3.05) is 33.7 Å². The summed E-state index contributed by atoms with van der Waals surface area (Å²) in [5, 5.41) is 6.96. The molecule has 0 aliphatic carbocycles. The van der Waals surface area contributed by atoms with Gasteiger partial charge in [0.15, 0.2) is 5.96 Å². The maximum Gasteiger partial charge on any atom is 0.191 e. The lowest BCUT2D eigenvalue weighted by molar-refractivity contribution is 0.393. The molecule has 1 aliphatic heterocycles. The fraction of sp³-hybridized carbons (Fsp3) is 0.688. The van der Waals surface area contributed by atoms with Crippen LogP contribution in [0.2, 0.25) is 0 Å². The van der Waals surface area contributed by atoms with E-state index in [1.807, 2.05) is 18.4 Å². The summed E-state index contributed by atoms with van der Waals surface area (Å²) in [6, 6.07) is 4.81. The Kier molecular flexibility index (Phi) is 8.71. The summed E-state index contributed by atoms with van der Waals surface area (Å²) >= 11 is 1.88. The second-order valence-electron chi connectivity index (χ2n) is 6.13. The van der Waals surface area contributed by atoms with E-state index in [1.54, 1.807) is 0 Å². The van der Waals surface area contributed by atoms with Crippen molar-refractivity contribution in [3.8, 4) is 0 Å². The highest BCUT2D eigenvalue weighted by atomic mass is 127. The first-order valence-corrected chi connectivity index (χ1v) is 8.59. The predicted molar refractivity (Wildman–Crippen MR) is 108 cm³/mol. The van der Waals surface area contributed by atoms with Gasteiger partial charge < -0.3 is 15.5 Å². The number of thiophene rings is 1. The summed E-state index contributed by atoms with van der Waals surface area (Å²) in [6.45, 7) is 7.78. The molecular weight excluding hydrogens is 407 g/mol. The standard InChI is InChI=1S/C16H28N4S.HI/c1-12(9-15-6-5-13(2)21-15)19-16(17-3)18-10-14-7-8-20(4)11-14;/h5-6,12,14H,7-11H2,1-4H3,(H2,17,18,19);1H. The van der Waals surface area contributed by atoms with Gasteiger partial charge in [0.1, 0.15) is 0 Å². The van der Waals surface area contributed by atoms with Gasteiger partial charge in [0.25, 0.3) is 0 Å². The fourth-order valence-corrected chi connectivity index (χ4v) is 3.83. The molecule has 1 aliphatic rings. The number of rotatable bonds is 5. The molecule has 6 heteroatoms. The average molecular weight is 436 g/mol. The lowest BCUT2D eigenvalue weighted by Crippen LogP contribution is -2.44. The summed E-state index contributed by atoms with van der Waals surface area (Å²) < 4.78 is 0. The quantitative estimate of drug-likeness (QED) is 0.424. The van der Waals surface area contributed by atoms with Crippen LogP contribution in [0.3, 0.4) is 0 Å². The van der Waals surface area contributed by atoms with Crippen LogP contribution in [0.15, 0.2) is 17.1 Å². The van der Waals surface area contributed by atoms with Crippen molar-refractivity contribution < 1.29 is 0 Å². The molecule has 126 valence electrons. The number of aliphatic imine (C=N–C) groups is 1. The van der Waals surface area contributed by atoms with Gasteiger partial charge in [0.2, 0.25) is 0 Å². The molecule has 2 N–H and O–H groups in total. The number of hydrogen-bond donors (Lipinski definition) is 2. The molecule has 0 radical (unpaired) electrons. The molecule has 1 aromatic rings. The molecule has 2 atom stereocenters. The highest BCUT2D eigenvalue weighted by Gasteiger charge is 2.19. The van der Waals surface area contributed by atoms with Crippen molar-refractivity contribution in [3.05, 3.63) is 21.9 Å². The minimum Gasteiger partial charge on any atom is -0.356 e. The van der Waals surface area contributed by atoms with Crippen LogP contribution in [-0.4, -0.2) is 50.6 Å². The molecule has 2 heterocycles. The SMILES string of the molecule is CN=C(NCC1CCN(C)C1)NC(C)Cc1ccc(C)s1.I. The zero-order valence-corrected chi connectivity index (χ0v) is 17.2. The normalized spacial score (nSPS) is 20.5. The molecule has 2 unspecified atom stereocenters. The Morgan fingerprint density at radius 3 is 2.82 bits per heavy atom. The molecule has 22 heavy (non-hydrogen) atoms. The predicted octanol–water partition coefficient (Wildman–Crippen LogP) is 2.72. The average Bonchev–Trinajstić information content (AvgIpc) is 3.03. The van der Waals surface area contributed by atoms with Gasteiger partial charge in [-0.05, 0) is 51.9 Å². The van der Waals surface area contributed by atoms with Gasteiger partial charge in [0, 0.05) is 42.4 Å². The molecule has 4 nitrogen and oxygen atoms in total. The molecule has 0 aromatic carbocycles. The lowest BCUT2D eigenvalue weighted by atomic mass is 10.1. The summed E-state index contributed by atoms with van der Waals surface area (Å²) in [5.74, 6) is 1.66. The van der Waals surface area contributed by atoms with Crippen molar-refractivity contribution in [3.63, 3.8) is 0 Å². The Bertz CT molecular complexity index is 474. The minimum atomic E-state index is 0. The van der Waals surface area contributed by atoms with Crippen molar-refractivity contribution in [1.82, 2.24) is 15.5 Å². The van der Waals surface area contributed by atoms with Crippen LogP contribution in [-0.2, 0) is 6.42 Å². The highest BCUT2D eigenvalue weighted by molar-refractivity contribution is 14.0. The van der Waals surface area contributed by atoms with E-state index in [-0.39, 0.29) is 24.0 Å². The van der Waals surface area contributed by atoms with Crippen LogP contribution < -0.4 is 10.6 Å². The second kappa shape index (κ2) is 9.72. The van der Waals surface area contributed by atoms with Crippen LogP contribution in [0.25, 0.3) is 0 Å². The monoisotopic (exact) mass is 436 g/mol. The Morgan fingerprint density at radius 2 is 2.27 bits per heavy atom.